The van der Waals surface area contributed by atoms with Gasteiger partial charge in [0.15, 0.2) is 0 Å². The van der Waals surface area contributed by atoms with E-state index in [1.165, 1.54) is 0 Å². The van der Waals surface area contributed by atoms with Crippen LogP contribution in [0.5, 0.6) is 0 Å². The lowest BCUT2D eigenvalue weighted by molar-refractivity contribution is 0.0559. The van der Waals surface area contributed by atoms with Gasteiger partial charge in [-0.05, 0) is 30.1 Å². The van der Waals surface area contributed by atoms with Crippen LogP contribution in [0.2, 0.25) is 0 Å². The van der Waals surface area contributed by atoms with Gasteiger partial charge >= 0.3 is 0 Å². The zero-order valence-electron chi connectivity index (χ0n) is 10.2. The summed E-state index contributed by atoms with van der Waals surface area (Å²) < 4.78 is 5.84. The Kier molecular flexibility index (Phi) is 4.06. The molecule has 14 heavy (non-hydrogen) atoms. The Morgan fingerprint density at radius 1 is 1.21 bits per heavy atom. The minimum Gasteiger partial charge on any atom is -0.384 e. The van der Waals surface area contributed by atoms with Crippen LogP contribution in [0.25, 0.3) is 0 Å². The fourth-order valence-electron chi connectivity index (χ4n) is 2.68. The van der Waals surface area contributed by atoms with E-state index in [1.54, 1.807) is 0 Å². The fourth-order valence-corrected chi connectivity index (χ4v) is 2.68. The van der Waals surface area contributed by atoms with Gasteiger partial charge in [-0.25, -0.2) is 0 Å². The number of hydrogen-bond donors (Lipinski definition) is 0. The molecule has 0 bridgehead atoms. The molecule has 1 aliphatic heterocycles. The summed E-state index contributed by atoms with van der Waals surface area (Å²) in [5, 5.41) is 0. The monoisotopic (exact) mass is 194 g/mol. The fraction of sp³-hybridized carbons (Fsp3) is 1.00. The van der Waals surface area contributed by atoms with Crippen molar-refractivity contribution < 1.29 is 4.74 Å². The van der Waals surface area contributed by atoms with Gasteiger partial charge in [-0.15, -0.1) is 0 Å². The van der Waals surface area contributed by atoms with Crippen LogP contribution >= 0.6 is 0 Å². The SMILES string of the molecule is [B][C@@H]1O[C@H](CC(C)C)[C@@H](C)[C@H]1C(C)C. The van der Waals surface area contributed by atoms with Gasteiger partial charge in [-0.2, -0.15) is 0 Å². The standard InChI is InChI=1S/C12H23BO/c1-7(2)6-10-9(5)11(8(3)4)12(13)14-10/h7-12H,6H2,1-5H3/t9-,10-,11-,12-/m1/s1. The molecule has 0 spiro atoms. The van der Waals surface area contributed by atoms with Gasteiger partial charge in [0.25, 0.3) is 0 Å². The van der Waals surface area contributed by atoms with E-state index in [1.807, 2.05) is 0 Å². The first-order valence-electron chi connectivity index (χ1n) is 5.84. The molecule has 1 nitrogen and oxygen atoms in total. The van der Waals surface area contributed by atoms with Crippen molar-refractivity contribution in [1.82, 2.24) is 0 Å². The summed E-state index contributed by atoms with van der Waals surface area (Å²) in [4.78, 5) is 0. The number of hydrogen-bond acceptors (Lipinski definition) is 1. The highest BCUT2D eigenvalue weighted by Gasteiger charge is 2.40. The van der Waals surface area contributed by atoms with Crippen molar-refractivity contribution in [1.29, 1.82) is 0 Å². The van der Waals surface area contributed by atoms with Crippen molar-refractivity contribution in [3.05, 3.63) is 0 Å². The van der Waals surface area contributed by atoms with Gasteiger partial charge in [0.2, 0.25) is 0 Å². The van der Waals surface area contributed by atoms with E-state index >= 15 is 0 Å². The predicted octanol–water partition coefficient (Wildman–Crippen LogP) is 2.83. The molecule has 1 heterocycles. The van der Waals surface area contributed by atoms with Crippen molar-refractivity contribution in [2.45, 2.75) is 53.1 Å². The van der Waals surface area contributed by atoms with Crippen molar-refractivity contribution in [3.63, 3.8) is 0 Å². The summed E-state index contributed by atoms with van der Waals surface area (Å²) >= 11 is 0. The molecular weight excluding hydrogens is 171 g/mol. The van der Waals surface area contributed by atoms with Gasteiger partial charge < -0.3 is 4.74 Å². The van der Waals surface area contributed by atoms with Crippen LogP contribution < -0.4 is 0 Å². The zero-order valence-corrected chi connectivity index (χ0v) is 10.2. The normalized spacial score (nSPS) is 38.5. The molecule has 0 aliphatic carbocycles. The lowest BCUT2D eigenvalue weighted by Gasteiger charge is -2.23. The molecule has 1 fully saturated rings. The van der Waals surface area contributed by atoms with E-state index in [2.05, 4.69) is 34.6 Å². The van der Waals surface area contributed by atoms with Crippen LogP contribution in [-0.4, -0.2) is 20.0 Å². The average Bonchev–Trinajstić information content (AvgIpc) is 2.25. The minimum atomic E-state index is -0.0475. The van der Waals surface area contributed by atoms with Crippen LogP contribution in [0, 0.1) is 23.7 Å². The van der Waals surface area contributed by atoms with Crippen molar-refractivity contribution in [2.24, 2.45) is 23.7 Å². The maximum Gasteiger partial charge on any atom is 0.109 e. The van der Waals surface area contributed by atoms with E-state index in [0.717, 1.165) is 6.42 Å². The van der Waals surface area contributed by atoms with Gasteiger partial charge in [0.05, 0.1) is 6.10 Å². The molecule has 0 N–H and O–H groups in total. The molecule has 1 saturated heterocycles. The first-order chi connectivity index (χ1) is 6.43. The van der Waals surface area contributed by atoms with E-state index in [9.17, 15) is 0 Å². The second-order valence-corrected chi connectivity index (χ2v) is 5.45. The van der Waals surface area contributed by atoms with Crippen molar-refractivity contribution in [2.75, 3.05) is 0 Å². The summed E-state index contributed by atoms with van der Waals surface area (Å²) in [6.45, 7) is 11.2. The molecule has 0 aromatic carbocycles. The van der Waals surface area contributed by atoms with Crippen LogP contribution in [0.3, 0.4) is 0 Å². The maximum absolute atomic E-state index is 6.01. The van der Waals surface area contributed by atoms with Gasteiger partial charge in [-0.1, -0.05) is 34.6 Å². The smallest absolute Gasteiger partial charge is 0.109 e. The Morgan fingerprint density at radius 2 is 1.79 bits per heavy atom. The molecular formula is C12H23BO. The Labute approximate surface area is 90.0 Å². The molecule has 4 atom stereocenters. The molecule has 80 valence electrons. The molecule has 0 aromatic rings. The molecule has 0 amide bonds. The number of rotatable bonds is 3. The van der Waals surface area contributed by atoms with E-state index in [4.69, 9.17) is 12.6 Å². The second kappa shape index (κ2) is 4.70. The third-order valence-electron chi connectivity index (χ3n) is 3.38. The van der Waals surface area contributed by atoms with Crippen LogP contribution in [0.1, 0.15) is 41.0 Å². The van der Waals surface area contributed by atoms with Crippen LogP contribution in [-0.2, 0) is 4.74 Å². The highest BCUT2D eigenvalue weighted by Crippen LogP contribution is 2.38. The third-order valence-corrected chi connectivity index (χ3v) is 3.38. The van der Waals surface area contributed by atoms with Crippen molar-refractivity contribution >= 4 is 7.85 Å². The zero-order chi connectivity index (χ0) is 10.9. The second-order valence-electron chi connectivity index (χ2n) is 5.45. The lowest BCUT2D eigenvalue weighted by Crippen LogP contribution is -2.25. The van der Waals surface area contributed by atoms with Crippen LogP contribution in [0.4, 0.5) is 0 Å². The maximum atomic E-state index is 6.01. The Morgan fingerprint density at radius 3 is 2.14 bits per heavy atom. The highest BCUT2D eigenvalue weighted by atomic mass is 16.5. The predicted molar refractivity (Wildman–Crippen MR) is 61.4 cm³/mol. The van der Waals surface area contributed by atoms with Gasteiger partial charge in [-0.3, -0.25) is 0 Å². The van der Waals surface area contributed by atoms with E-state index in [0.29, 0.717) is 29.8 Å². The molecule has 0 aromatic heterocycles. The number of ether oxygens (including phenoxy) is 1. The van der Waals surface area contributed by atoms with Gasteiger partial charge in [0, 0.05) is 6.00 Å². The topological polar surface area (TPSA) is 9.23 Å². The summed E-state index contributed by atoms with van der Waals surface area (Å²) in [6.07, 6.45) is 1.51. The molecule has 0 saturated carbocycles. The minimum absolute atomic E-state index is 0.0475. The highest BCUT2D eigenvalue weighted by molar-refractivity contribution is 6.11. The lowest BCUT2D eigenvalue weighted by atomic mass is 9.73. The largest absolute Gasteiger partial charge is 0.384 e. The van der Waals surface area contributed by atoms with E-state index < -0.39 is 0 Å². The molecule has 2 heteroatoms. The van der Waals surface area contributed by atoms with E-state index in [-0.39, 0.29) is 6.00 Å². The molecule has 2 radical (unpaired) electrons. The van der Waals surface area contributed by atoms with Crippen molar-refractivity contribution in [3.8, 4) is 0 Å². The summed E-state index contributed by atoms with van der Waals surface area (Å²) in [5.74, 6) is 2.45. The van der Waals surface area contributed by atoms with Gasteiger partial charge in [0.1, 0.15) is 7.85 Å². The summed E-state index contributed by atoms with van der Waals surface area (Å²) in [7, 11) is 6.01. The quantitative estimate of drug-likeness (QED) is 0.627. The Hall–Kier alpha value is 0.0249. The molecule has 1 aliphatic rings. The first kappa shape index (κ1) is 12.1. The van der Waals surface area contributed by atoms with Crippen LogP contribution in [0.15, 0.2) is 0 Å². The Balaban J connectivity index is 2.59. The molecule has 0 unspecified atom stereocenters. The first-order valence-corrected chi connectivity index (χ1v) is 5.84. The Bertz CT molecular complexity index is 179. The third kappa shape index (κ3) is 2.53. The summed E-state index contributed by atoms with van der Waals surface area (Å²) in [6, 6.07) is -0.0475. The molecule has 1 rings (SSSR count). The average molecular weight is 194 g/mol. The summed E-state index contributed by atoms with van der Waals surface area (Å²) in [5.41, 5.74) is 0.